The molecule has 4 nitrogen and oxygen atoms in total. The van der Waals surface area contributed by atoms with E-state index in [2.05, 4.69) is 15.3 Å². The molecule has 3 rings (SSSR count). The summed E-state index contributed by atoms with van der Waals surface area (Å²) < 4.78 is 0. The van der Waals surface area contributed by atoms with Gasteiger partial charge in [-0.15, -0.1) is 0 Å². The van der Waals surface area contributed by atoms with E-state index in [0.717, 1.165) is 12.0 Å². The van der Waals surface area contributed by atoms with Crippen molar-refractivity contribution in [2.45, 2.75) is 12.3 Å². The van der Waals surface area contributed by atoms with Gasteiger partial charge < -0.3 is 5.32 Å². The van der Waals surface area contributed by atoms with Crippen LogP contribution in [0.4, 0.5) is 5.82 Å². The Kier molecular flexibility index (Phi) is 3.17. The topological polar surface area (TPSA) is 54.9 Å². The average molecular weight is 274 g/mol. The zero-order valence-corrected chi connectivity index (χ0v) is 10.8. The zero-order chi connectivity index (χ0) is 13.2. The molecule has 0 saturated heterocycles. The molecule has 1 aliphatic rings. The first-order chi connectivity index (χ1) is 9.24. The van der Waals surface area contributed by atoms with Crippen LogP contribution < -0.4 is 5.32 Å². The maximum absolute atomic E-state index is 12.0. The van der Waals surface area contributed by atoms with Gasteiger partial charge >= 0.3 is 0 Å². The van der Waals surface area contributed by atoms with E-state index in [4.69, 9.17) is 11.6 Å². The summed E-state index contributed by atoms with van der Waals surface area (Å²) in [5, 5.41) is 3.49. The molecule has 2 atom stereocenters. The molecule has 0 unspecified atom stereocenters. The van der Waals surface area contributed by atoms with Gasteiger partial charge in [0.2, 0.25) is 5.91 Å². The Morgan fingerprint density at radius 3 is 2.74 bits per heavy atom. The van der Waals surface area contributed by atoms with Crippen LogP contribution >= 0.6 is 11.6 Å². The number of halogens is 1. The molecule has 0 spiro atoms. The number of aromatic nitrogens is 2. The van der Waals surface area contributed by atoms with E-state index in [9.17, 15) is 4.79 Å². The minimum atomic E-state index is 0.000417. The fourth-order valence-electron chi connectivity index (χ4n) is 2.15. The molecule has 1 fully saturated rings. The molecule has 1 aromatic carbocycles. The van der Waals surface area contributed by atoms with Crippen LogP contribution in [0.1, 0.15) is 17.9 Å². The van der Waals surface area contributed by atoms with E-state index in [0.29, 0.717) is 10.8 Å². The van der Waals surface area contributed by atoms with Crippen LogP contribution in [0, 0.1) is 5.92 Å². The van der Waals surface area contributed by atoms with Crippen molar-refractivity contribution in [2.24, 2.45) is 5.92 Å². The van der Waals surface area contributed by atoms with Crippen molar-refractivity contribution in [3.8, 4) is 0 Å². The van der Waals surface area contributed by atoms with Crippen LogP contribution in [0.3, 0.4) is 0 Å². The van der Waals surface area contributed by atoms with E-state index >= 15 is 0 Å². The van der Waals surface area contributed by atoms with E-state index < -0.39 is 0 Å². The first kappa shape index (κ1) is 12.1. The summed E-state index contributed by atoms with van der Waals surface area (Å²) in [6.45, 7) is 0. The third kappa shape index (κ3) is 2.74. The molecule has 2 aromatic rings. The summed E-state index contributed by atoms with van der Waals surface area (Å²) in [6.07, 6.45) is 5.54. The number of hydrogen-bond acceptors (Lipinski definition) is 3. The van der Waals surface area contributed by atoms with Crippen LogP contribution in [0.5, 0.6) is 0 Å². The first-order valence-corrected chi connectivity index (χ1v) is 6.44. The molecule has 1 aromatic heterocycles. The van der Waals surface area contributed by atoms with Gasteiger partial charge in [-0.1, -0.05) is 23.7 Å². The van der Waals surface area contributed by atoms with Crippen molar-refractivity contribution >= 4 is 23.3 Å². The maximum Gasteiger partial charge on any atom is 0.229 e. The third-order valence-corrected chi connectivity index (χ3v) is 3.49. The molecule has 5 heteroatoms. The van der Waals surface area contributed by atoms with Crippen molar-refractivity contribution in [2.75, 3.05) is 5.32 Å². The largest absolute Gasteiger partial charge is 0.309 e. The number of rotatable bonds is 3. The number of carbonyl (C=O) groups excluding carboxylic acids is 1. The van der Waals surface area contributed by atoms with Crippen molar-refractivity contribution in [3.63, 3.8) is 0 Å². The maximum atomic E-state index is 12.0. The molecule has 1 N–H and O–H groups in total. The molecule has 1 heterocycles. The minimum absolute atomic E-state index is 0.000417. The molecule has 1 saturated carbocycles. The lowest BCUT2D eigenvalue weighted by atomic mass is 10.1. The highest BCUT2D eigenvalue weighted by Gasteiger charge is 2.43. The van der Waals surface area contributed by atoms with E-state index in [1.807, 2.05) is 24.3 Å². The molecule has 96 valence electrons. The number of anilines is 1. The monoisotopic (exact) mass is 273 g/mol. The highest BCUT2D eigenvalue weighted by Crippen LogP contribution is 2.48. The Morgan fingerprint density at radius 1 is 1.26 bits per heavy atom. The highest BCUT2D eigenvalue weighted by atomic mass is 35.5. The van der Waals surface area contributed by atoms with Crippen LogP contribution in [-0.2, 0) is 4.79 Å². The quantitative estimate of drug-likeness (QED) is 0.935. The minimum Gasteiger partial charge on any atom is -0.309 e. The fourth-order valence-corrected chi connectivity index (χ4v) is 2.27. The summed E-state index contributed by atoms with van der Waals surface area (Å²) in [5.41, 5.74) is 1.16. The van der Waals surface area contributed by atoms with E-state index in [1.165, 1.54) is 6.20 Å². The Bertz CT molecular complexity index is 585. The molecule has 1 amide bonds. The predicted molar refractivity (Wildman–Crippen MR) is 73.0 cm³/mol. The van der Waals surface area contributed by atoms with Crippen molar-refractivity contribution < 1.29 is 4.79 Å². The molecule has 0 radical (unpaired) electrons. The van der Waals surface area contributed by atoms with Gasteiger partial charge in [0.05, 0.1) is 6.20 Å². The van der Waals surface area contributed by atoms with Crippen LogP contribution in [0.2, 0.25) is 5.02 Å². The molecule has 19 heavy (non-hydrogen) atoms. The normalized spacial score (nSPS) is 20.9. The Morgan fingerprint density at radius 2 is 2.05 bits per heavy atom. The zero-order valence-electron chi connectivity index (χ0n) is 10.1. The molecule has 0 aliphatic heterocycles. The number of amides is 1. The van der Waals surface area contributed by atoms with Crippen molar-refractivity contribution in [1.82, 2.24) is 9.97 Å². The van der Waals surface area contributed by atoms with Gasteiger partial charge in [-0.05, 0) is 30.0 Å². The first-order valence-electron chi connectivity index (χ1n) is 6.06. The molecular formula is C14H12ClN3O. The van der Waals surface area contributed by atoms with Crippen LogP contribution in [0.15, 0.2) is 42.9 Å². The second kappa shape index (κ2) is 4.97. The van der Waals surface area contributed by atoms with Gasteiger partial charge in [0.15, 0.2) is 5.82 Å². The molecule has 1 aliphatic carbocycles. The molecule has 0 bridgehead atoms. The summed E-state index contributed by atoms with van der Waals surface area (Å²) in [7, 11) is 0. The summed E-state index contributed by atoms with van der Waals surface area (Å²) >= 11 is 5.85. The number of nitrogens with zero attached hydrogens (tertiary/aromatic N) is 2. The van der Waals surface area contributed by atoms with Gasteiger partial charge in [-0.3, -0.25) is 9.78 Å². The Balaban J connectivity index is 1.63. The SMILES string of the molecule is O=C(Nc1cnccn1)[C@@H]1C[C@H]1c1ccc(Cl)cc1. The standard InChI is InChI=1S/C14H12ClN3O/c15-10-3-1-9(2-4-10)11-7-12(11)14(19)18-13-8-16-5-6-17-13/h1-6,8,11-12H,7H2,(H,17,18,19)/t11-,12+/m0/s1. The van der Waals surface area contributed by atoms with Crippen molar-refractivity contribution in [1.29, 1.82) is 0 Å². The second-order valence-electron chi connectivity index (χ2n) is 4.58. The summed E-state index contributed by atoms with van der Waals surface area (Å²) in [4.78, 5) is 20.0. The average Bonchev–Trinajstić information content (AvgIpc) is 3.21. The Labute approximate surface area is 115 Å². The lowest BCUT2D eigenvalue weighted by Gasteiger charge is -2.03. The van der Waals surface area contributed by atoms with Gasteiger partial charge in [0, 0.05) is 23.3 Å². The van der Waals surface area contributed by atoms with Gasteiger partial charge in [-0.2, -0.15) is 0 Å². The number of hydrogen-bond donors (Lipinski definition) is 1. The number of nitrogens with one attached hydrogen (secondary N) is 1. The number of carbonyl (C=O) groups is 1. The summed E-state index contributed by atoms with van der Waals surface area (Å²) in [5.74, 6) is 0.798. The molecular weight excluding hydrogens is 262 g/mol. The van der Waals surface area contributed by atoms with Crippen LogP contribution in [-0.4, -0.2) is 15.9 Å². The fraction of sp³-hybridized carbons (Fsp3) is 0.214. The predicted octanol–water partition coefficient (Wildman–Crippen LogP) is 2.87. The van der Waals surface area contributed by atoms with Crippen molar-refractivity contribution in [3.05, 3.63) is 53.4 Å². The Hall–Kier alpha value is -1.94. The van der Waals surface area contributed by atoms with Gasteiger partial charge in [0.25, 0.3) is 0 Å². The second-order valence-corrected chi connectivity index (χ2v) is 5.02. The lowest BCUT2D eigenvalue weighted by Crippen LogP contribution is -2.15. The lowest BCUT2D eigenvalue weighted by molar-refractivity contribution is -0.117. The smallest absolute Gasteiger partial charge is 0.229 e. The highest BCUT2D eigenvalue weighted by molar-refractivity contribution is 6.30. The third-order valence-electron chi connectivity index (χ3n) is 3.24. The van der Waals surface area contributed by atoms with Gasteiger partial charge in [-0.25, -0.2) is 4.98 Å². The van der Waals surface area contributed by atoms with E-state index in [-0.39, 0.29) is 17.7 Å². The van der Waals surface area contributed by atoms with Crippen LogP contribution in [0.25, 0.3) is 0 Å². The number of benzene rings is 1. The van der Waals surface area contributed by atoms with E-state index in [1.54, 1.807) is 12.4 Å². The summed E-state index contributed by atoms with van der Waals surface area (Å²) in [6, 6.07) is 7.66. The van der Waals surface area contributed by atoms with Gasteiger partial charge in [0.1, 0.15) is 0 Å².